The van der Waals surface area contributed by atoms with Gasteiger partial charge in [0.25, 0.3) is 0 Å². The van der Waals surface area contributed by atoms with E-state index >= 15 is 0 Å². The van der Waals surface area contributed by atoms with Crippen molar-refractivity contribution in [3.8, 4) is 0 Å². The van der Waals surface area contributed by atoms with Crippen LogP contribution in [0.1, 0.15) is 54.9 Å². The lowest BCUT2D eigenvalue weighted by Gasteiger charge is -2.26. The Morgan fingerprint density at radius 3 is 0.786 bits per heavy atom. The largest absolute Gasteiger partial charge is 0.391 e. The van der Waals surface area contributed by atoms with E-state index < -0.39 is 16.8 Å². The molecular weight excluding hydrogens is 180 g/mol. The first kappa shape index (κ1) is 16.3. The van der Waals surface area contributed by atoms with Crippen molar-refractivity contribution in [2.24, 2.45) is 0 Å². The molecule has 14 heavy (non-hydrogen) atoms. The van der Waals surface area contributed by atoms with Crippen LogP contribution < -0.4 is 0 Å². The molecule has 0 aliphatic carbocycles. The Bertz CT molecular complexity index is 125. The zero-order valence-corrected chi connectivity index (χ0v) is 10.5. The Hall–Kier alpha value is -0.120. The fraction of sp³-hybridized carbons (Fsp3) is 1.00. The Kier molecular flexibility index (Phi) is 5.94. The maximum absolute atomic E-state index is 9.19. The second-order valence-corrected chi connectivity index (χ2v) is 5.97. The van der Waals surface area contributed by atoms with Gasteiger partial charge in [-0.15, -0.1) is 0 Å². The second kappa shape index (κ2) is 5.10. The second-order valence-electron chi connectivity index (χ2n) is 5.97. The molecule has 0 unspecified atom stereocenters. The minimum absolute atomic E-state index is 0.403. The van der Waals surface area contributed by atoms with Crippen molar-refractivity contribution >= 4 is 0 Å². The molecule has 0 bridgehead atoms. The Morgan fingerprint density at radius 1 is 0.643 bits per heavy atom. The zero-order valence-electron chi connectivity index (χ0n) is 10.5. The SMILES string of the molecule is CC(C)(C)O.CC(C)(O)CC(C)(C)O. The molecule has 0 aliphatic heterocycles. The topological polar surface area (TPSA) is 60.7 Å². The smallest absolute Gasteiger partial charge is 0.0618 e. The highest BCUT2D eigenvalue weighted by Crippen LogP contribution is 2.18. The van der Waals surface area contributed by atoms with E-state index in [9.17, 15) is 10.2 Å². The quantitative estimate of drug-likeness (QED) is 0.644. The van der Waals surface area contributed by atoms with Crippen LogP contribution in [0.15, 0.2) is 0 Å². The third-order valence-corrected chi connectivity index (χ3v) is 0.865. The van der Waals surface area contributed by atoms with Crippen molar-refractivity contribution in [2.75, 3.05) is 0 Å². The Morgan fingerprint density at radius 2 is 0.786 bits per heavy atom. The van der Waals surface area contributed by atoms with E-state index in [0.29, 0.717) is 6.42 Å². The summed E-state index contributed by atoms with van der Waals surface area (Å²) in [6, 6.07) is 0. The number of aliphatic hydroxyl groups is 3. The molecule has 0 aromatic carbocycles. The lowest BCUT2D eigenvalue weighted by atomic mass is 9.93. The van der Waals surface area contributed by atoms with E-state index in [1.807, 2.05) is 0 Å². The third-order valence-electron chi connectivity index (χ3n) is 0.865. The van der Waals surface area contributed by atoms with Crippen LogP contribution >= 0.6 is 0 Å². The summed E-state index contributed by atoms with van der Waals surface area (Å²) in [5.41, 5.74) is -2.03. The van der Waals surface area contributed by atoms with Crippen molar-refractivity contribution in [1.82, 2.24) is 0 Å². The van der Waals surface area contributed by atoms with Crippen LogP contribution in [0.2, 0.25) is 0 Å². The van der Waals surface area contributed by atoms with Gasteiger partial charge in [-0.3, -0.25) is 0 Å². The van der Waals surface area contributed by atoms with Crippen molar-refractivity contribution in [2.45, 2.75) is 71.7 Å². The Labute approximate surface area is 87.8 Å². The fourth-order valence-electron chi connectivity index (χ4n) is 1.06. The van der Waals surface area contributed by atoms with Gasteiger partial charge in [-0.1, -0.05) is 0 Å². The van der Waals surface area contributed by atoms with Gasteiger partial charge in [0, 0.05) is 6.42 Å². The molecule has 3 heteroatoms. The molecular formula is C11H26O3. The van der Waals surface area contributed by atoms with Gasteiger partial charge in [-0.05, 0) is 48.5 Å². The summed E-state index contributed by atoms with van der Waals surface area (Å²) in [5, 5.41) is 26.9. The molecule has 0 atom stereocenters. The van der Waals surface area contributed by atoms with Gasteiger partial charge in [-0.2, -0.15) is 0 Å². The molecule has 0 fully saturated rings. The molecule has 0 heterocycles. The molecule has 3 N–H and O–H groups in total. The highest BCUT2D eigenvalue weighted by Gasteiger charge is 2.23. The molecule has 0 aromatic heterocycles. The molecule has 0 radical (unpaired) electrons. The minimum Gasteiger partial charge on any atom is -0.391 e. The minimum atomic E-state index is -0.766. The normalized spacial score (nSPS) is 13.3. The summed E-state index contributed by atoms with van der Waals surface area (Å²) >= 11 is 0. The highest BCUT2D eigenvalue weighted by atomic mass is 16.3. The molecule has 88 valence electrons. The maximum atomic E-state index is 9.19. The first-order chi connectivity index (χ1) is 5.71. The predicted molar refractivity (Wildman–Crippen MR) is 59.2 cm³/mol. The molecule has 0 amide bonds. The lowest BCUT2D eigenvalue weighted by molar-refractivity contribution is -0.0244. The molecule has 0 rings (SSSR count). The molecule has 0 aromatic rings. The average Bonchev–Trinajstić information content (AvgIpc) is 1.42. The summed E-state index contributed by atoms with van der Waals surface area (Å²) in [5.74, 6) is 0. The van der Waals surface area contributed by atoms with E-state index in [1.54, 1.807) is 48.5 Å². The van der Waals surface area contributed by atoms with Gasteiger partial charge < -0.3 is 15.3 Å². The zero-order chi connectivity index (χ0) is 12.2. The van der Waals surface area contributed by atoms with Crippen LogP contribution in [-0.2, 0) is 0 Å². The van der Waals surface area contributed by atoms with E-state index in [0.717, 1.165) is 0 Å². The third kappa shape index (κ3) is 40.7. The number of hydrogen-bond acceptors (Lipinski definition) is 3. The standard InChI is InChI=1S/C7H16O2.C4H10O/c1-6(2,8)5-7(3,4)9;1-4(2,3)5/h8-9H,5H2,1-4H3;5H,1-3H3. The molecule has 0 saturated heterocycles. The first-order valence-corrected chi connectivity index (χ1v) is 4.88. The fourth-order valence-corrected chi connectivity index (χ4v) is 1.06. The summed E-state index contributed by atoms with van der Waals surface area (Å²) in [6.07, 6.45) is 0.403. The van der Waals surface area contributed by atoms with Gasteiger partial charge in [-0.25, -0.2) is 0 Å². The molecule has 0 saturated carbocycles. The first-order valence-electron chi connectivity index (χ1n) is 4.88. The highest BCUT2D eigenvalue weighted by molar-refractivity contribution is 4.76. The maximum Gasteiger partial charge on any atom is 0.0618 e. The molecule has 3 nitrogen and oxygen atoms in total. The average molecular weight is 206 g/mol. The molecule has 0 aliphatic rings. The van der Waals surface area contributed by atoms with E-state index in [-0.39, 0.29) is 0 Å². The van der Waals surface area contributed by atoms with Crippen LogP contribution in [0.3, 0.4) is 0 Å². The van der Waals surface area contributed by atoms with Crippen LogP contribution in [0.25, 0.3) is 0 Å². The number of hydrogen-bond donors (Lipinski definition) is 3. The van der Waals surface area contributed by atoms with Crippen LogP contribution in [-0.4, -0.2) is 32.1 Å². The van der Waals surface area contributed by atoms with Crippen molar-refractivity contribution in [1.29, 1.82) is 0 Å². The van der Waals surface area contributed by atoms with Gasteiger partial charge in [0.05, 0.1) is 16.8 Å². The van der Waals surface area contributed by atoms with Gasteiger partial charge in [0.1, 0.15) is 0 Å². The monoisotopic (exact) mass is 206 g/mol. The lowest BCUT2D eigenvalue weighted by Crippen LogP contribution is -2.32. The van der Waals surface area contributed by atoms with Crippen LogP contribution in [0, 0.1) is 0 Å². The predicted octanol–water partition coefficient (Wildman–Crippen LogP) is 1.70. The van der Waals surface area contributed by atoms with Gasteiger partial charge in [0.15, 0.2) is 0 Å². The van der Waals surface area contributed by atoms with Crippen LogP contribution in [0.4, 0.5) is 0 Å². The van der Waals surface area contributed by atoms with Crippen LogP contribution in [0.5, 0.6) is 0 Å². The summed E-state index contributed by atoms with van der Waals surface area (Å²) < 4.78 is 0. The summed E-state index contributed by atoms with van der Waals surface area (Å²) in [7, 11) is 0. The Balaban J connectivity index is 0. The molecule has 0 spiro atoms. The summed E-state index contributed by atoms with van der Waals surface area (Å²) in [6.45, 7) is 12.0. The van der Waals surface area contributed by atoms with E-state index in [4.69, 9.17) is 5.11 Å². The van der Waals surface area contributed by atoms with Gasteiger partial charge in [0.2, 0.25) is 0 Å². The summed E-state index contributed by atoms with van der Waals surface area (Å²) in [4.78, 5) is 0. The van der Waals surface area contributed by atoms with Gasteiger partial charge >= 0.3 is 0 Å². The van der Waals surface area contributed by atoms with Crippen molar-refractivity contribution < 1.29 is 15.3 Å². The number of rotatable bonds is 2. The van der Waals surface area contributed by atoms with E-state index in [2.05, 4.69) is 0 Å². The van der Waals surface area contributed by atoms with E-state index in [1.165, 1.54) is 0 Å². The van der Waals surface area contributed by atoms with Crippen molar-refractivity contribution in [3.63, 3.8) is 0 Å². The van der Waals surface area contributed by atoms with Crippen molar-refractivity contribution in [3.05, 3.63) is 0 Å².